The second-order valence-corrected chi connectivity index (χ2v) is 3.62. The summed E-state index contributed by atoms with van der Waals surface area (Å²) < 4.78 is 35.4. The summed E-state index contributed by atoms with van der Waals surface area (Å²) in [4.78, 5) is 34.1. The molecule has 19 heavy (non-hydrogen) atoms. The molecular formula is C9H15F3N4O3. The molecule has 0 saturated heterocycles. The first-order valence-electron chi connectivity index (χ1n) is 5.20. The predicted molar refractivity (Wildman–Crippen MR) is 58.8 cm³/mol. The number of rotatable bonds is 6. The SMILES string of the molecule is CN(CC(=O)NCC(F)(F)F)C(=O)CNC(=O)CN. The van der Waals surface area contributed by atoms with Gasteiger partial charge in [-0.05, 0) is 0 Å². The predicted octanol–water partition coefficient (Wildman–Crippen LogP) is -1.80. The van der Waals surface area contributed by atoms with E-state index < -0.39 is 37.0 Å². The van der Waals surface area contributed by atoms with Crippen molar-refractivity contribution in [1.29, 1.82) is 0 Å². The van der Waals surface area contributed by atoms with Crippen molar-refractivity contribution in [2.45, 2.75) is 6.18 Å². The van der Waals surface area contributed by atoms with Gasteiger partial charge in [-0.2, -0.15) is 13.2 Å². The third-order valence-corrected chi connectivity index (χ3v) is 1.91. The Morgan fingerprint density at radius 2 is 1.74 bits per heavy atom. The first-order valence-corrected chi connectivity index (χ1v) is 5.20. The van der Waals surface area contributed by atoms with Gasteiger partial charge in [0.2, 0.25) is 17.7 Å². The van der Waals surface area contributed by atoms with Crippen LogP contribution in [0.3, 0.4) is 0 Å². The summed E-state index contributed by atoms with van der Waals surface area (Å²) in [5, 5.41) is 3.79. The molecule has 0 atom stereocenters. The lowest BCUT2D eigenvalue weighted by Gasteiger charge is -2.17. The van der Waals surface area contributed by atoms with Crippen molar-refractivity contribution in [3.05, 3.63) is 0 Å². The molecule has 0 aromatic carbocycles. The van der Waals surface area contributed by atoms with E-state index in [-0.39, 0.29) is 13.1 Å². The molecule has 0 fully saturated rings. The zero-order valence-electron chi connectivity index (χ0n) is 10.2. The Hall–Kier alpha value is -1.84. The second-order valence-electron chi connectivity index (χ2n) is 3.62. The first kappa shape index (κ1) is 17.2. The highest BCUT2D eigenvalue weighted by atomic mass is 19.4. The van der Waals surface area contributed by atoms with Gasteiger partial charge in [-0.1, -0.05) is 0 Å². The van der Waals surface area contributed by atoms with Gasteiger partial charge < -0.3 is 21.3 Å². The van der Waals surface area contributed by atoms with E-state index in [9.17, 15) is 27.6 Å². The van der Waals surface area contributed by atoms with E-state index in [4.69, 9.17) is 5.73 Å². The van der Waals surface area contributed by atoms with Crippen LogP contribution in [0.1, 0.15) is 0 Å². The van der Waals surface area contributed by atoms with Crippen LogP contribution in [-0.4, -0.2) is 62.0 Å². The van der Waals surface area contributed by atoms with Crippen LogP contribution >= 0.6 is 0 Å². The minimum Gasteiger partial charge on any atom is -0.346 e. The summed E-state index contributed by atoms with van der Waals surface area (Å²) in [5.41, 5.74) is 4.99. The van der Waals surface area contributed by atoms with Gasteiger partial charge in [0.05, 0.1) is 19.6 Å². The Morgan fingerprint density at radius 1 is 1.16 bits per heavy atom. The maximum Gasteiger partial charge on any atom is 0.405 e. The van der Waals surface area contributed by atoms with Crippen LogP contribution < -0.4 is 16.4 Å². The molecule has 0 aromatic rings. The number of alkyl halides is 3. The van der Waals surface area contributed by atoms with Crippen molar-refractivity contribution in [3.8, 4) is 0 Å². The maximum absolute atomic E-state index is 11.8. The molecule has 0 aliphatic rings. The normalized spacial score (nSPS) is 10.8. The summed E-state index contributed by atoms with van der Waals surface area (Å²) >= 11 is 0. The number of amides is 3. The van der Waals surface area contributed by atoms with Gasteiger partial charge in [-0.3, -0.25) is 14.4 Å². The molecule has 7 nitrogen and oxygen atoms in total. The maximum atomic E-state index is 11.8. The van der Waals surface area contributed by atoms with Gasteiger partial charge in [-0.25, -0.2) is 0 Å². The van der Waals surface area contributed by atoms with Gasteiger partial charge in [0, 0.05) is 7.05 Å². The number of carbonyl (C=O) groups is 3. The number of nitrogens with zero attached hydrogens (tertiary/aromatic N) is 1. The minimum atomic E-state index is -4.51. The Morgan fingerprint density at radius 3 is 2.21 bits per heavy atom. The summed E-state index contributed by atoms with van der Waals surface area (Å²) in [6.07, 6.45) is -4.51. The standard InChI is InChI=1S/C9H15F3N4O3/c1-16(8(19)3-14-6(17)2-13)4-7(18)15-5-9(10,11)12/h2-5,13H2,1H3,(H,14,17)(H,15,18). The molecule has 110 valence electrons. The Balaban J connectivity index is 4.01. The van der Waals surface area contributed by atoms with Crippen LogP contribution in [0.2, 0.25) is 0 Å². The zero-order valence-corrected chi connectivity index (χ0v) is 10.2. The fraction of sp³-hybridized carbons (Fsp3) is 0.667. The van der Waals surface area contributed by atoms with Crippen LogP contribution in [0.4, 0.5) is 13.2 Å². The van der Waals surface area contributed by atoms with Crippen LogP contribution in [0.15, 0.2) is 0 Å². The van der Waals surface area contributed by atoms with Crippen molar-refractivity contribution < 1.29 is 27.6 Å². The van der Waals surface area contributed by atoms with Gasteiger partial charge in [0.1, 0.15) is 6.54 Å². The highest BCUT2D eigenvalue weighted by Gasteiger charge is 2.28. The monoisotopic (exact) mass is 284 g/mol. The smallest absolute Gasteiger partial charge is 0.346 e. The molecule has 0 spiro atoms. The largest absolute Gasteiger partial charge is 0.405 e. The highest BCUT2D eigenvalue weighted by molar-refractivity contribution is 5.88. The molecule has 0 rings (SSSR count). The third kappa shape index (κ3) is 8.83. The topological polar surface area (TPSA) is 105 Å². The summed E-state index contributed by atoms with van der Waals surface area (Å²) in [5.74, 6) is -2.12. The number of nitrogens with one attached hydrogen (secondary N) is 2. The number of carbonyl (C=O) groups excluding carboxylic acids is 3. The van der Waals surface area contributed by atoms with Gasteiger partial charge in [-0.15, -0.1) is 0 Å². The van der Waals surface area contributed by atoms with Crippen LogP contribution in [-0.2, 0) is 14.4 Å². The highest BCUT2D eigenvalue weighted by Crippen LogP contribution is 2.11. The lowest BCUT2D eigenvalue weighted by atomic mass is 10.4. The van der Waals surface area contributed by atoms with Crippen LogP contribution in [0.25, 0.3) is 0 Å². The molecule has 3 amide bonds. The number of nitrogens with two attached hydrogens (primary N) is 1. The third-order valence-electron chi connectivity index (χ3n) is 1.91. The number of halogens is 3. The van der Waals surface area contributed by atoms with Crippen LogP contribution in [0, 0.1) is 0 Å². The van der Waals surface area contributed by atoms with E-state index in [1.54, 1.807) is 5.32 Å². The average molecular weight is 284 g/mol. The van der Waals surface area contributed by atoms with Crippen molar-refractivity contribution in [2.75, 3.05) is 33.2 Å². The molecule has 0 bridgehead atoms. The fourth-order valence-corrected chi connectivity index (χ4v) is 0.940. The lowest BCUT2D eigenvalue weighted by molar-refractivity contribution is -0.141. The summed E-state index contributed by atoms with van der Waals surface area (Å²) in [7, 11) is 1.23. The number of likely N-dealkylation sites (N-methyl/N-ethyl adjacent to an activating group) is 1. The molecule has 4 N–H and O–H groups in total. The van der Waals surface area contributed by atoms with Gasteiger partial charge in [0.25, 0.3) is 0 Å². The molecule has 0 aromatic heterocycles. The molecule has 0 aliphatic heterocycles. The van der Waals surface area contributed by atoms with E-state index in [2.05, 4.69) is 5.32 Å². The van der Waals surface area contributed by atoms with Crippen molar-refractivity contribution in [2.24, 2.45) is 5.73 Å². The molecule has 0 saturated carbocycles. The molecule has 0 heterocycles. The molecule has 0 radical (unpaired) electrons. The van der Waals surface area contributed by atoms with E-state index in [1.807, 2.05) is 0 Å². The van der Waals surface area contributed by atoms with Crippen molar-refractivity contribution >= 4 is 17.7 Å². The summed E-state index contributed by atoms with van der Waals surface area (Å²) in [6, 6.07) is 0. The first-order chi connectivity index (χ1) is 8.65. The average Bonchev–Trinajstić information content (AvgIpc) is 2.31. The van der Waals surface area contributed by atoms with Gasteiger partial charge >= 0.3 is 6.18 Å². The Kier molecular flexibility index (Phi) is 6.83. The molecule has 0 aliphatic carbocycles. The van der Waals surface area contributed by atoms with Crippen molar-refractivity contribution in [3.63, 3.8) is 0 Å². The second kappa shape index (κ2) is 7.56. The van der Waals surface area contributed by atoms with E-state index in [0.717, 1.165) is 4.90 Å². The summed E-state index contributed by atoms with van der Waals surface area (Å²) in [6.45, 7) is -2.66. The van der Waals surface area contributed by atoms with Crippen LogP contribution in [0.5, 0.6) is 0 Å². The van der Waals surface area contributed by atoms with Crippen molar-refractivity contribution in [1.82, 2.24) is 15.5 Å². The molecule has 0 unspecified atom stereocenters. The van der Waals surface area contributed by atoms with E-state index >= 15 is 0 Å². The van der Waals surface area contributed by atoms with Gasteiger partial charge in [0.15, 0.2) is 0 Å². The number of hydrogen-bond donors (Lipinski definition) is 3. The Labute approximate surface area is 107 Å². The minimum absolute atomic E-state index is 0.289. The quantitative estimate of drug-likeness (QED) is 0.535. The van der Waals surface area contributed by atoms with E-state index in [0.29, 0.717) is 0 Å². The zero-order chi connectivity index (χ0) is 15.1. The molecular weight excluding hydrogens is 269 g/mol. The van der Waals surface area contributed by atoms with E-state index in [1.165, 1.54) is 7.05 Å². The molecule has 10 heteroatoms. The fourth-order valence-electron chi connectivity index (χ4n) is 0.940. The Bertz CT molecular complexity index is 346. The number of hydrogen-bond acceptors (Lipinski definition) is 4. The lowest BCUT2D eigenvalue weighted by Crippen LogP contribution is -2.45.